The molecule has 0 amide bonds. The standard InChI is InChI=1S/C24H28N6O/c25-10-1-13-31-20-4-6-23-22(15-20)27-16-30(23)24-7-2-17-14-19(3-5-21(17)28-24)29-11-8-18(26)9-12-29/h2-7,14-16,18H,1,8-13,25-26H2. The lowest BCUT2D eigenvalue weighted by molar-refractivity contribution is 0.314. The Morgan fingerprint density at radius 3 is 2.71 bits per heavy atom. The van der Waals surface area contributed by atoms with Gasteiger partial charge in [0.15, 0.2) is 0 Å². The van der Waals surface area contributed by atoms with Crippen LogP contribution in [0.3, 0.4) is 0 Å². The van der Waals surface area contributed by atoms with Crippen molar-refractivity contribution in [1.82, 2.24) is 14.5 Å². The average molecular weight is 417 g/mol. The maximum absolute atomic E-state index is 6.05. The van der Waals surface area contributed by atoms with Gasteiger partial charge in [-0.1, -0.05) is 0 Å². The number of imidazole rings is 1. The summed E-state index contributed by atoms with van der Waals surface area (Å²) < 4.78 is 7.75. The highest BCUT2D eigenvalue weighted by Gasteiger charge is 2.17. The first-order chi connectivity index (χ1) is 15.2. The molecule has 3 heterocycles. The van der Waals surface area contributed by atoms with Gasteiger partial charge in [0.05, 0.1) is 23.2 Å². The molecule has 0 radical (unpaired) electrons. The molecule has 7 nitrogen and oxygen atoms in total. The zero-order chi connectivity index (χ0) is 21.2. The van der Waals surface area contributed by atoms with Crippen LogP contribution in [0.1, 0.15) is 19.3 Å². The van der Waals surface area contributed by atoms with Crippen molar-refractivity contribution >= 4 is 27.6 Å². The predicted molar refractivity (Wildman–Crippen MR) is 125 cm³/mol. The number of hydrogen-bond donors (Lipinski definition) is 2. The minimum atomic E-state index is 0.333. The van der Waals surface area contributed by atoms with E-state index < -0.39 is 0 Å². The van der Waals surface area contributed by atoms with E-state index in [4.69, 9.17) is 21.2 Å². The summed E-state index contributed by atoms with van der Waals surface area (Å²) in [4.78, 5) is 11.8. The van der Waals surface area contributed by atoms with Gasteiger partial charge < -0.3 is 21.1 Å². The van der Waals surface area contributed by atoms with Gasteiger partial charge in [0, 0.05) is 36.3 Å². The van der Waals surface area contributed by atoms with Gasteiger partial charge in [0.25, 0.3) is 0 Å². The second-order valence-corrected chi connectivity index (χ2v) is 8.13. The third-order valence-electron chi connectivity index (χ3n) is 5.95. The third-order valence-corrected chi connectivity index (χ3v) is 5.95. The van der Waals surface area contributed by atoms with E-state index >= 15 is 0 Å². The number of aromatic nitrogens is 3. The first-order valence-electron chi connectivity index (χ1n) is 10.9. The van der Waals surface area contributed by atoms with Crippen molar-refractivity contribution in [3.8, 4) is 11.6 Å². The minimum absolute atomic E-state index is 0.333. The first-order valence-corrected chi connectivity index (χ1v) is 10.9. The fraction of sp³-hybridized carbons (Fsp3) is 0.333. The Kier molecular flexibility index (Phi) is 5.44. The lowest BCUT2D eigenvalue weighted by Gasteiger charge is -2.32. The number of hydrogen-bond acceptors (Lipinski definition) is 6. The molecule has 7 heteroatoms. The van der Waals surface area contributed by atoms with Gasteiger partial charge in [0.2, 0.25) is 0 Å². The molecule has 0 atom stereocenters. The van der Waals surface area contributed by atoms with E-state index in [0.29, 0.717) is 19.2 Å². The molecule has 0 saturated carbocycles. The maximum atomic E-state index is 6.05. The van der Waals surface area contributed by atoms with Crippen LogP contribution in [-0.2, 0) is 0 Å². The molecule has 1 fully saturated rings. The molecular formula is C24H28N6O. The molecule has 2 aromatic carbocycles. The number of nitrogens with zero attached hydrogens (tertiary/aromatic N) is 4. The van der Waals surface area contributed by atoms with Crippen LogP contribution in [0.4, 0.5) is 5.69 Å². The van der Waals surface area contributed by atoms with Crippen molar-refractivity contribution in [2.45, 2.75) is 25.3 Å². The molecule has 0 unspecified atom stereocenters. The van der Waals surface area contributed by atoms with Crippen molar-refractivity contribution in [1.29, 1.82) is 0 Å². The van der Waals surface area contributed by atoms with Crippen LogP contribution in [0.25, 0.3) is 27.8 Å². The summed E-state index contributed by atoms with van der Waals surface area (Å²) in [5.41, 5.74) is 15.7. The van der Waals surface area contributed by atoms with E-state index in [0.717, 1.165) is 65.9 Å². The largest absolute Gasteiger partial charge is 0.493 e. The average Bonchev–Trinajstić information content (AvgIpc) is 3.22. The van der Waals surface area contributed by atoms with E-state index in [1.54, 1.807) is 0 Å². The van der Waals surface area contributed by atoms with Crippen LogP contribution in [0.15, 0.2) is 54.9 Å². The number of piperidine rings is 1. The molecule has 2 aromatic heterocycles. The summed E-state index contributed by atoms with van der Waals surface area (Å²) in [5.74, 6) is 1.66. The Balaban J connectivity index is 1.41. The maximum Gasteiger partial charge on any atom is 0.139 e. The van der Waals surface area contributed by atoms with Crippen LogP contribution in [-0.4, -0.2) is 46.8 Å². The predicted octanol–water partition coefficient (Wildman–Crippen LogP) is 3.23. The second-order valence-electron chi connectivity index (χ2n) is 8.13. The molecule has 1 saturated heterocycles. The molecule has 4 aromatic rings. The number of fused-ring (bicyclic) bond motifs is 2. The van der Waals surface area contributed by atoms with Gasteiger partial charge in [0.1, 0.15) is 17.9 Å². The Hall–Kier alpha value is -3.16. The molecule has 0 aliphatic carbocycles. The van der Waals surface area contributed by atoms with E-state index in [1.807, 2.05) is 35.2 Å². The molecule has 4 N–H and O–H groups in total. The Labute approximate surface area is 181 Å². The summed E-state index contributed by atoms with van der Waals surface area (Å²) in [6.45, 7) is 3.26. The SMILES string of the molecule is NCCCOc1ccc2c(c1)ncn2-c1ccc2cc(N3CCC(N)CC3)ccc2n1. The van der Waals surface area contributed by atoms with Crippen LogP contribution in [0.2, 0.25) is 0 Å². The van der Waals surface area contributed by atoms with Crippen molar-refractivity contribution in [2.24, 2.45) is 11.5 Å². The summed E-state index contributed by atoms with van der Waals surface area (Å²) >= 11 is 0. The number of anilines is 1. The van der Waals surface area contributed by atoms with E-state index in [9.17, 15) is 0 Å². The molecule has 1 aliphatic rings. The van der Waals surface area contributed by atoms with E-state index in [1.165, 1.54) is 5.69 Å². The number of benzene rings is 2. The molecule has 0 bridgehead atoms. The van der Waals surface area contributed by atoms with Gasteiger partial charge in [-0.3, -0.25) is 4.57 Å². The lowest BCUT2D eigenvalue weighted by atomic mass is 10.0. The van der Waals surface area contributed by atoms with Gasteiger partial charge in [-0.25, -0.2) is 9.97 Å². The summed E-state index contributed by atoms with van der Waals surface area (Å²) in [7, 11) is 0. The van der Waals surface area contributed by atoms with Crippen molar-refractivity contribution in [2.75, 3.05) is 31.1 Å². The van der Waals surface area contributed by atoms with Gasteiger partial charge in [-0.15, -0.1) is 0 Å². The molecular weight excluding hydrogens is 388 g/mol. The monoisotopic (exact) mass is 416 g/mol. The van der Waals surface area contributed by atoms with Gasteiger partial charge in [-0.2, -0.15) is 0 Å². The van der Waals surface area contributed by atoms with E-state index in [2.05, 4.69) is 34.1 Å². The summed E-state index contributed by atoms with van der Waals surface area (Å²) in [6.07, 6.45) is 4.74. The number of nitrogens with two attached hydrogens (primary N) is 2. The Morgan fingerprint density at radius 2 is 1.87 bits per heavy atom. The zero-order valence-electron chi connectivity index (χ0n) is 17.6. The molecule has 0 spiro atoms. The zero-order valence-corrected chi connectivity index (χ0v) is 17.6. The van der Waals surface area contributed by atoms with Crippen LogP contribution in [0, 0.1) is 0 Å². The normalized spacial score (nSPS) is 15.1. The van der Waals surface area contributed by atoms with Crippen molar-refractivity contribution in [3.63, 3.8) is 0 Å². The second kappa shape index (κ2) is 8.53. The van der Waals surface area contributed by atoms with Crippen LogP contribution >= 0.6 is 0 Å². The van der Waals surface area contributed by atoms with Crippen molar-refractivity contribution < 1.29 is 4.74 Å². The topological polar surface area (TPSA) is 95.2 Å². The molecule has 5 rings (SSSR count). The Bertz CT molecular complexity index is 1200. The Morgan fingerprint density at radius 1 is 1.00 bits per heavy atom. The highest BCUT2D eigenvalue weighted by atomic mass is 16.5. The van der Waals surface area contributed by atoms with E-state index in [-0.39, 0.29) is 0 Å². The third kappa shape index (κ3) is 4.06. The highest BCUT2D eigenvalue weighted by molar-refractivity contribution is 5.84. The van der Waals surface area contributed by atoms with Crippen LogP contribution < -0.4 is 21.1 Å². The lowest BCUT2D eigenvalue weighted by Crippen LogP contribution is -2.39. The first kappa shape index (κ1) is 19.8. The van der Waals surface area contributed by atoms with Gasteiger partial charge in [-0.05, 0) is 68.3 Å². The quantitative estimate of drug-likeness (QED) is 0.469. The number of rotatable bonds is 6. The van der Waals surface area contributed by atoms with Crippen LogP contribution in [0.5, 0.6) is 5.75 Å². The smallest absolute Gasteiger partial charge is 0.139 e. The molecule has 31 heavy (non-hydrogen) atoms. The fourth-order valence-corrected chi connectivity index (χ4v) is 4.13. The molecule has 1 aliphatic heterocycles. The summed E-state index contributed by atoms with van der Waals surface area (Å²) in [6, 6.07) is 16.9. The highest BCUT2D eigenvalue weighted by Crippen LogP contribution is 2.26. The molecule has 160 valence electrons. The number of pyridine rings is 1. The fourth-order valence-electron chi connectivity index (χ4n) is 4.13. The minimum Gasteiger partial charge on any atom is -0.493 e. The van der Waals surface area contributed by atoms with Crippen molar-refractivity contribution in [3.05, 3.63) is 54.9 Å². The number of ether oxygens (including phenoxy) is 1. The van der Waals surface area contributed by atoms with Gasteiger partial charge >= 0.3 is 0 Å². The summed E-state index contributed by atoms with van der Waals surface area (Å²) in [5, 5.41) is 1.14.